The Morgan fingerprint density at radius 2 is 2.07 bits per heavy atom. The second-order valence-electron chi connectivity index (χ2n) is 2.67. The summed E-state index contributed by atoms with van der Waals surface area (Å²) in [5.74, 6) is -0.776. The first-order chi connectivity index (χ1) is 6.88. The van der Waals surface area contributed by atoms with E-state index in [0.717, 1.165) is 6.07 Å². The maximum atomic E-state index is 12.7. The highest BCUT2D eigenvalue weighted by atomic mass is 35.7. The fraction of sp³-hybridized carbons (Fsp3) is 0.250. The number of rotatable bonds is 4. The third-order valence-electron chi connectivity index (χ3n) is 1.48. The van der Waals surface area contributed by atoms with Gasteiger partial charge < -0.3 is 4.74 Å². The minimum Gasteiger partial charge on any atom is -0.491 e. The van der Waals surface area contributed by atoms with Gasteiger partial charge in [-0.05, 0) is 12.1 Å². The molecule has 0 saturated carbocycles. The molecule has 0 saturated heterocycles. The van der Waals surface area contributed by atoms with Crippen molar-refractivity contribution in [2.75, 3.05) is 12.4 Å². The van der Waals surface area contributed by atoms with E-state index < -0.39 is 14.9 Å². The Balaban J connectivity index is 2.61. The molecule has 7 heteroatoms. The summed E-state index contributed by atoms with van der Waals surface area (Å²) in [6.45, 7) is -0.172. The summed E-state index contributed by atoms with van der Waals surface area (Å²) >= 11 is 5.67. The van der Waals surface area contributed by atoms with Gasteiger partial charge in [-0.15, -0.1) is 0 Å². The molecule has 0 spiro atoms. The van der Waals surface area contributed by atoms with Gasteiger partial charge in [-0.1, -0.05) is 11.6 Å². The lowest BCUT2D eigenvalue weighted by atomic mass is 10.3. The lowest BCUT2D eigenvalue weighted by Crippen LogP contribution is -2.09. The van der Waals surface area contributed by atoms with Gasteiger partial charge in [0.25, 0.3) is 0 Å². The second-order valence-corrected chi connectivity index (χ2v) is 5.97. The summed E-state index contributed by atoms with van der Waals surface area (Å²) < 4.78 is 38.8. The van der Waals surface area contributed by atoms with Gasteiger partial charge in [-0.2, -0.15) is 0 Å². The van der Waals surface area contributed by atoms with Crippen molar-refractivity contribution in [1.29, 1.82) is 0 Å². The van der Waals surface area contributed by atoms with E-state index in [9.17, 15) is 12.8 Å². The van der Waals surface area contributed by atoms with Crippen molar-refractivity contribution in [2.45, 2.75) is 0 Å². The molecular formula is C8H7Cl2FO3S. The molecule has 0 heterocycles. The average Bonchev–Trinajstić information content (AvgIpc) is 2.09. The summed E-state index contributed by atoms with van der Waals surface area (Å²) in [5, 5.41) is 0.211. The van der Waals surface area contributed by atoms with Crippen LogP contribution in [0.15, 0.2) is 18.2 Å². The molecular weight excluding hydrogens is 266 g/mol. The Morgan fingerprint density at radius 3 is 2.67 bits per heavy atom. The van der Waals surface area contributed by atoms with Crippen LogP contribution in [0.1, 0.15) is 0 Å². The van der Waals surface area contributed by atoms with Crippen LogP contribution < -0.4 is 4.74 Å². The van der Waals surface area contributed by atoms with Gasteiger partial charge in [-0.25, -0.2) is 12.8 Å². The van der Waals surface area contributed by atoms with Gasteiger partial charge in [0.1, 0.15) is 18.2 Å². The monoisotopic (exact) mass is 272 g/mol. The van der Waals surface area contributed by atoms with Crippen molar-refractivity contribution in [2.24, 2.45) is 0 Å². The molecule has 0 aromatic heterocycles. The maximum Gasteiger partial charge on any atom is 0.235 e. The predicted molar refractivity (Wildman–Crippen MR) is 56.5 cm³/mol. The molecule has 0 radical (unpaired) electrons. The highest BCUT2D eigenvalue weighted by Gasteiger charge is 2.07. The van der Waals surface area contributed by atoms with Crippen molar-refractivity contribution in [1.82, 2.24) is 0 Å². The van der Waals surface area contributed by atoms with Gasteiger partial charge >= 0.3 is 0 Å². The minimum atomic E-state index is -3.61. The number of hydrogen-bond acceptors (Lipinski definition) is 3. The molecule has 1 rings (SSSR count). The molecule has 0 aliphatic rings. The molecule has 0 amide bonds. The normalized spacial score (nSPS) is 11.4. The Kier molecular flexibility index (Phi) is 4.19. The largest absolute Gasteiger partial charge is 0.491 e. The van der Waals surface area contributed by atoms with Gasteiger partial charge in [-0.3, -0.25) is 0 Å². The summed E-state index contributed by atoms with van der Waals surface area (Å²) in [6.07, 6.45) is 0. The number of halogens is 3. The fourth-order valence-corrected chi connectivity index (χ4v) is 1.48. The lowest BCUT2D eigenvalue weighted by Gasteiger charge is -2.06. The Bertz CT molecular complexity index is 447. The topological polar surface area (TPSA) is 43.4 Å². The maximum absolute atomic E-state index is 12.7. The van der Waals surface area contributed by atoms with E-state index in [-0.39, 0.29) is 23.1 Å². The summed E-state index contributed by atoms with van der Waals surface area (Å²) in [4.78, 5) is 0. The first-order valence-electron chi connectivity index (χ1n) is 3.89. The molecule has 3 nitrogen and oxygen atoms in total. The average molecular weight is 273 g/mol. The van der Waals surface area contributed by atoms with Crippen molar-refractivity contribution < 1.29 is 17.5 Å². The minimum absolute atomic E-state index is 0.0944. The Morgan fingerprint density at radius 1 is 1.40 bits per heavy atom. The first kappa shape index (κ1) is 12.5. The molecule has 1 aromatic rings. The predicted octanol–water partition coefficient (Wildman–Crippen LogP) is 2.43. The highest BCUT2D eigenvalue weighted by Crippen LogP contribution is 2.24. The zero-order valence-corrected chi connectivity index (χ0v) is 9.74. The van der Waals surface area contributed by atoms with Crippen molar-refractivity contribution in [3.05, 3.63) is 29.0 Å². The second kappa shape index (κ2) is 5.01. The quantitative estimate of drug-likeness (QED) is 0.791. The molecule has 0 atom stereocenters. The van der Waals surface area contributed by atoms with Gasteiger partial charge in [0.05, 0.1) is 10.8 Å². The van der Waals surface area contributed by atoms with E-state index in [2.05, 4.69) is 0 Å². The fourth-order valence-electron chi connectivity index (χ4n) is 0.839. The molecule has 0 bridgehead atoms. The molecule has 0 aliphatic carbocycles. The number of ether oxygens (including phenoxy) is 1. The van der Waals surface area contributed by atoms with Crippen molar-refractivity contribution >= 4 is 31.3 Å². The molecule has 0 N–H and O–H groups in total. The van der Waals surface area contributed by atoms with Crippen LogP contribution in [0.5, 0.6) is 5.75 Å². The molecule has 0 fully saturated rings. The van der Waals surface area contributed by atoms with Gasteiger partial charge in [0.2, 0.25) is 9.05 Å². The van der Waals surface area contributed by atoms with Crippen LogP contribution >= 0.6 is 22.3 Å². The van der Waals surface area contributed by atoms with Crippen molar-refractivity contribution in [3.8, 4) is 5.75 Å². The number of hydrogen-bond donors (Lipinski definition) is 0. The smallest absolute Gasteiger partial charge is 0.235 e. The summed E-state index contributed by atoms with van der Waals surface area (Å²) in [7, 11) is 1.35. The molecule has 0 aliphatic heterocycles. The van der Waals surface area contributed by atoms with E-state index in [4.69, 9.17) is 27.0 Å². The van der Waals surface area contributed by atoms with Crippen LogP contribution in [0.3, 0.4) is 0 Å². The highest BCUT2D eigenvalue weighted by molar-refractivity contribution is 8.13. The Hall–Kier alpha value is -0.520. The van der Waals surface area contributed by atoms with Crippen molar-refractivity contribution in [3.63, 3.8) is 0 Å². The molecule has 15 heavy (non-hydrogen) atoms. The van der Waals surface area contributed by atoms with E-state index >= 15 is 0 Å². The zero-order chi connectivity index (χ0) is 11.5. The zero-order valence-electron chi connectivity index (χ0n) is 7.41. The number of benzene rings is 1. The first-order valence-corrected chi connectivity index (χ1v) is 6.74. The SMILES string of the molecule is O=S(=O)(Cl)CCOc1cc(F)ccc1Cl. The molecule has 84 valence electrons. The lowest BCUT2D eigenvalue weighted by molar-refractivity contribution is 0.340. The van der Waals surface area contributed by atoms with E-state index in [1.54, 1.807) is 0 Å². The van der Waals surface area contributed by atoms with Gasteiger partial charge in [0.15, 0.2) is 0 Å². The van der Waals surface area contributed by atoms with Crippen LogP contribution in [0.25, 0.3) is 0 Å². The van der Waals surface area contributed by atoms with Gasteiger partial charge in [0, 0.05) is 16.7 Å². The standard InChI is InChI=1S/C8H7Cl2FO3S/c9-7-2-1-6(11)5-8(7)14-3-4-15(10,12)13/h1-2,5H,3-4H2. The van der Waals surface area contributed by atoms with E-state index in [1.165, 1.54) is 12.1 Å². The third kappa shape index (κ3) is 4.68. The Labute approximate surface area is 96.2 Å². The van der Waals surface area contributed by atoms with E-state index in [1.807, 2.05) is 0 Å². The molecule has 1 aromatic carbocycles. The molecule has 0 unspecified atom stereocenters. The summed E-state index contributed by atoms with van der Waals surface area (Å²) in [6, 6.07) is 3.57. The van der Waals surface area contributed by atoms with Crippen LogP contribution in [-0.4, -0.2) is 20.8 Å². The third-order valence-corrected chi connectivity index (χ3v) is 2.91. The van der Waals surface area contributed by atoms with Crippen LogP contribution in [0.4, 0.5) is 4.39 Å². The van der Waals surface area contributed by atoms with Crippen LogP contribution in [-0.2, 0) is 9.05 Å². The summed E-state index contributed by atoms with van der Waals surface area (Å²) in [5.41, 5.74) is 0. The van der Waals surface area contributed by atoms with Crippen LogP contribution in [0, 0.1) is 5.82 Å². The van der Waals surface area contributed by atoms with Crippen LogP contribution in [0.2, 0.25) is 5.02 Å². The van der Waals surface area contributed by atoms with E-state index in [0.29, 0.717) is 0 Å².